The lowest BCUT2D eigenvalue weighted by atomic mass is 10.1. The van der Waals surface area contributed by atoms with Crippen LogP contribution in [0, 0.1) is 0 Å². The third kappa shape index (κ3) is 2.69. The van der Waals surface area contributed by atoms with E-state index in [2.05, 4.69) is 29.2 Å². The third-order valence-corrected chi connectivity index (χ3v) is 3.23. The number of aryl methyl sites for hydroxylation is 1. The van der Waals surface area contributed by atoms with E-state index in [1.54, 1.807) is 0 Å². The van der Waals surface area contributed by atoms with Gasteiger partial charge in [0.25, 0.3) is 0 Å². The van der Waals surface area contributed by atoms with Crippen LogP contribution in [0.15, 0.2) is 18.9 Å². The number of nitrogens with two attached hydrogens (primary N) is 1. The Balaban J connectivity index is 2.22. The monoisotopic (exact) mass is 234 g/mol. The summed E-state index contributed by atoms with van der Waals surface area (Å²) in [7, 11) is 0. The molecule has 1 aliphatic heterocycles. The van der Waals surface area contributed by atoms with Gasteiger partial charge in [-0.25, -0.2) is 4.98 Å². The molecule has 1 aromatic heterocycles. The van der Waals surface area contributed by atoms with Crippen molar-refractivity contribution in [2.24, 2.45) is 5.73 Å². The van der Waals surface area contributed by atoms with E-state index in [0.717, 1.165) is 50.5 Å². The largest absolute Gasteiger partial charge is 0.341 e. The normalized spacial score (nSPS) is 20.6. The number of rotatable bonds is 4. The summed E-state index contributed by atoms with van der Waals surface area (Å²) in [5, 5.41) is 0. The van der Waals surface area contributed by atoms with Crippen molar-refractivity contribution in [3.63, 3.8) is 0 Å². The Morgan fingerprint density at radius 3 is 3.12 bits per heavy atom. The molecule has 1 fully saturated rings. The minimum Gasteiger partial charge on any atom is -0.341 e. The molecule has 1 aliphatic rings. The highest BCUT2D eigenvalue weighted by Crippen LogP contribution is 2.19. The van der Waals surface area contributed by atoms with Gasteiger partial charge < -0.3 is 15.2 Å². The molecule has 1 saturated heterocycles. The second kappa shape index (κ2) is 5.36. The van der Waals surface area contributed by atoms with Gasteiger partial charge in [0, 0.05) is 31.9 Å². The van der Waals surface area contributed by atoms with Crippen molar-refractivity contribution in [2.45, 2.75) is 38.8 Å². The smallest absolute Gasteiger partial charge is 0.206 e. The molecule has 0 unspecified atom stereocenters. The SMILES string of the molecule is C=CCn1cc(CC)nc1N1CCC[C@@H](N)C1. The van der Waals surface area contributed by atoms with Crippen LogP contribution in [0.2, 0.25) is 0 Å². The lowest BCUT2D eigenvalue weighted by Crippen LogP contribution is -2.43. The molecular formula is C13H22N4. The molecule has 0 radical (unpaired) electrons. The fourth-order valence-electron chi connectivity index (χ4n) is 2.35. The number of nitrogens with zero attached hydrogens (tertiary/aromatic N) is 3. The summed E-state index contributed by atoms with van der Waals surface area (Å²) >= 11 is 0. The summed E-state index contributed by atoms with van der Waals surface area (Å²) < 4.78 is 2.17. The van der Waals surface area contributed by atoms with Crippen LogP contribution in [0.5, 0.6) is 0 Å². The van der Waals surface area contributed by atoms with E-state index in [4.69, 9.17) is 10.7 Å². The standard InChI is InChI=1S/C13H22N4/c1-3-7-16-10-12(4-2)15-13(16)17-8-5-6-11(14)9-17/h3,10-11H,1,4-9,14H2,2H3/t11-/m1/s1. The molecule has 0 aromatic carbocycles. The molecular weight excluding hydrogens is 212 g/mol. The predicted molar refractivity (Wildman–Crippen MR) is 71.2 cm³/mol. The maximum atomic E-state index is 6.03. The van der Waals surface area contributed by atoms with Gasteiger partial charge in [-0.3, -0.25) is 0 Å². The van der Waals surface area contributed by atoms with Crippen LogP contribution in [-0.4, -0.2) is 28.7 Å². The van der Waals surface area contributed by atoms with E-state index in [1.807, 2.05) is 6.08 Å². The van der Waals surface area contributed by atoms with Crippen molar-refractivity contribution < 1.29 is 0 Å². The minimum atomic E-state index is 0.280. The molecule has 1 atom stereocenters. The molecule has 0 bridgehead atoms. The van der Waals surface area contributed by atoms with Crippen LogP contribution < -0.4 is 10.6 Å². The average molecular weight is 234 g/mol. The number of hydrogen-bond donors (Lipinski definition) is 1. The second-order valence-corrected chi connectivity index (χ2v) is 4.68. The number of imidazole rings is 1. The Kier molecular flexibility index (Phi) is 3.84. The summed E-state index contributed by atoms with van der Waals surface area (Å²) in [6, 6.07) is 0.280. The zero-order valence-electron chi connectivity index (χ0n) is 10.6. The van der Waals surface area contributed by atoms with E-state index < -0.39 is 0 Å². The molecule has 94 valence electrons. The maximum absolute atomic E-state index is 6.03. The number of allylic oxidation sites excluding steroid dienone is 1. The van der Waals surface area contributed by atoms with Gasteiger partial charge in [-0.1, -0.05) is 13.0 Å². The molecule has 2 rings (SSSR count). The summed E-state index contributed by atoms with van der Waals surface area (Å²) in [4.78, 5) is 6.99. The second-order valence-electron chi connectivity index (χ2n) is 4.68. The van der Waals surface area contributed by atoms with Gasteiger partial charge in [0.1, 0.15) is 0 Å². The van der Waals surface area contributed by atoms with Crippen molar-refractivity contribution in [1.82, 2.24) is 9.55 Å². The number of anilines is 1. The van der Waals surface area contributed by atoms with Crippen LogP contribution in [0.25, 0.3) is 0 Å². The van der Waals surface area contributed by atoms with Gasteiger partial charge in [0.2, 0.25) is 5.95 Å². The Hall–Kier alpha value is -1.29. The lowest BCUT2D eigenvalue weighted by molar-refractivity contribution is 0.495. The highest BCUT2D eigenvalue weighted by molar-refractivity contribution is 5.35. The molecule has 0 aliphatic carbocycles. The van der Waals surface area contributed by atoms with Crippen molar-refractivity contribution in [3.8, 4) is 0 Å². The van der Waals surface area contributed by atoms with Crippen LogP contribution in [-0.2, 0) is 13.0 Å². The first-order valence-electron chi connectivity index (χ1n) is 6.42. The highest BCUT2D eigenvalue weighted by Gasteiger charge is 2.20. The minimum absolute atomic E-state index is 0.280. The Bertz CT molecular complexity index is 383. The number of piperidine rings is 1. The third-order valence-electron chi connectivity index (χ3n) is 3.23. The Labute approximate surface area is 103 Å². The average Bonchev–Trinajstić information content (AvgIpc) is 2.73. The van der Waals surface area contributed by atoms with E-state index in [0.29, 0.717) is 0 Å². The predicted octanol–water partition coefficient (Wildman–Crippen LogP) is 1.56. The quantitative estimate of drug-likeness (QED) is 0.804. The molecule has 2 heterocycles. The van der Waals surface area contributed by atoms with Gasteiger partial charge in [0.15, 0.2) is 0 Å². The van der Waals surface area contributed by atoms with Crippen molar-refractivity contribution in [1.29, 1.82) is 0 Å². The first-order chi connectivity index (χ1) is 8.24. The summed E-state index contributed by atoms with van der Waals surface area (Å²) in [5.41, 5.74) is 7.17. The van der Waals surface area contributed by atoms with Crippen LogP contribution in [0.4, 0.5) is 5.95 Å². The van der Waals surface area contributed by atoms with E-state index in [9.17, 15) is 0 Å². The highest BCUT2D eigenvalue weighted by atomic mass is 15.3. The molecule has 1 aromatic rings. The topological polar surface area (TPSA) is 47.1 Å². The maximum Gasteiger partial charge on any atom is 0.206 e. The van der Waals surface area contributed by atoms with Gasteiger partial charge in [-0.2, -0.15) is 0 Å². The van der Waals surface area contributed by atoms with E-state index >= 15 is 0 Å². The van der Waals surface area contributed by atoms with Gasteiger partial charge >= 0.3 is 0 Å². The molecule has 0 spiro atoms. The number of hydrogen-bond acceptors (Lipinski definition) is 3. The van der Waals surface area contributed by atoms with Gasteiger partial charge in [0.05, 0.1) is 5.69 Å². The zero-order valence-corrected chi connectivity index (χ0v) is 10.6. The molecule has 0 amide bonds. The van der Waals surface area contributed by atoms with Crippen LogP contribution in [0.3, 0.4) is 0 Å². The van der Waals surface area contributed by atoms with E-state index in [1.165, 1.54) is 0 Å². The first-order valence-corrected chi connectivity index (χ1v) is 6.42. The van der Waals surface area contributed by atoms with Crippen LogP contribution in [0.1, 0.15) is 25.5 Å². The van der Waals surface area contributed by atoms with Crippen LogP contribution >= 0.6 is 0 Å². The molecule has 4 heteroatoms. The molecule has 4 nitrogen and oxygen atoms in total. The van der Waals surface area contributed by atoms with Crippen molar-refractivity contribution >= 4 is 5.95 Å². The van der Waals surface area contributed by atoms with Crippen molar-refractivity contribution in [2.75, 3.05) is 18.0 Å². The van der Waals surface area contributed by atoms with E-state index in [-0.39, 0.29) is 6.04 Å². The van der Waals surface area contributed by atoms with Crippen molar-refractivity contribution in [3.05, 3.63) is 24.5 Å². The first kappa shape index (κ1) is 12.2. The van der Waals surface area contributed by atoms with Gasteiger partial charge in [-0.05, 0) is 19.3 Å². The lowest BCUT2D eigenvalue weighted by Gasteiger charge is -2.31. The zero-order chi connectivity index (χ0) is 12.3. The summed E-state index contributed by atoms with van der Waals surface area (Å²) in [6.07, 6.45) is 7.28. The fraction of sp³-hybridized carbons (Fsp3) is 0.615. The molecule has 17 heavy (non-hydrogen) atoms. The molecule has 2 N–H and O–H groups in total. The summed E-state index contributed by atoms with van der Waals surface area (Å²) in [5.74, 6) is 1.05. The summed E-state index contributed by atoms with van der Waals surface area (Å²) in [6.45, 7) is 8.72. The van der Waals surface area contributed by atoms with Gasteiger partial charge in [-0.15, -0.1) is 6.58 Å². The Morgan fingerprint density at radius 1 is 1.65 bits per heavy atom. The Morgan fingerprint density at radius 2 is 2.47 bits per heavy atom. The fourth-order valence-corrected chi connectivity index (χ4v) is 2.35. The molecule has 0 saturated carbocycles. The number of aromatic nitrogens is 2.